The highest BCUT2D eigenvalue weighted by atomic mass is 16.5. The number of hydrogen-bond acceptors (Lipinski definition) is 4. The molecule has 15 heavy (non-hydrogen) atoms. The first-order valence-corrected chi connectivity index (χ1v) is 5.12. The SMILES string of the molecule is CNCC1COc2c(N)cccc2N1C. The first-order chi connectivity index (χ1) is 7.24. The zero-order valence-electron chi connectivity index (χ0n) is 9.16. The summed E-state index contributed by atoms with van der Waals surface area (Å²) in [6.45, 7) is 1.59. The zero-order valence-corrected chi connectivity index (χ0v) is 9.16. The molecule has 1 atom stereocenters. The Balaban J connectivity index is 2.30. The predicted octanol–water partition coefficient (Wildman–Crippen LogP) is 0.685. The lowest BCUT2D eigenvalue weighted by atomic mass is 10.1. The Morgan fingerprint density at radius 2 is 2.40 bits per heavy atom. The standard InChI is InChI=1S/C11H17N3O/c1-13-6-8-7-15-11-9(12)4-3-5-10(11)14(8)2/h3-5,8,13H,6-7,12H2,1-2H3. The van der Waals surface area contributed by atoms with Gasteiger partial charge in [0, 0.05) is 13.6 Å². The van der Waals surface area contributed by atoms with E-state index >= 15 is 0 Å². The lowest BCUT2D eigenvalue weighted by Crippen LogP contribution is -2.46. The van der Waals surface area contributed by atoms with Crippen molar-refractivity contribution in [3.8, 4) is 5.75 Å². The molecule has 2 rings (SSSR count). The maximum absolute atomic E-state index is 5.86. The summed E-state index contributed by atoms with van der Waals surface area (Å²) in [5.41, 5.74) is 7.64. The van der Waals surface area contributed by atoms with Crippen molar-refractivity contribution in [3.63, 3.8) is 0 Å². The zero-order chi connectivity index (χ0) is 10.8. The molecule has 0 aromatic heterocycles. The van der Waals surface area contributed by atoms with Crippen molar-refractivity contribution < 1.29 is 4.74 Å². The van der Waals surface area contributed by atoms with E-state index in [2.05, 4.69) is 17.3 Å². The van der Waals surface area contributed by atoms with E-state index < -0.39 is 0 Å². The Kier molecular flexibility index (Phi) is 2.68. The molecule has 82 valence electrons. The van der Waals surface area contributed by atoms with E-state index in [4.69, 9.17) is 10.5 Å². The van der Waals surface area contributed by atoms with E-state index in [1.54, 1.807) is 0 Å². The monoisotopic (exact) mass is 207 g/mol. The van der Waals surface area contributed by atoms with Crippen molar-refractivity contribution in [1.29, 1.82) is 0 Å². The Morgan fingerprint density at radius 1 is 1.60 bits per heavy atom. The summed E-state index contributed by atoms with van der Waals surface area (Å²) in [6.07, 6.45) is 0. The molecule has 0 aliphatic carbocycles. The van der Waals surface area contributed by atoms with Crippen LogP contribution in [0.15, 0.2) is 18.2 Å². The molecule has 0 saturated heterocycles. The molecule has 1 aliphatic heterocycles. The van der Waals surface area contributed by atoms with Crippen LogP contribution in [0.4, 0.5) is 11.4 Å². The Labute approximate surface area is 90.0 Å². The van der Waals surface area contributed by atoms with Gasteiger partial charge in [-0.25, -0.2) is 0 Å². The number of hydrogen-bond donors (Lipinski definition) is 2. The average molecular weight is 207 g/mol. The van der Waals surface area contributed by atoms with Crippen LogP contribution in [0.25, 0.3) is 0 Å². The Hall–Kier alpha value is -1.42. The van der Waals surface area contributed by atoms with Gasteiger partial charge in [0.05, 0.1) is 17.4 Å². The average Bonchev–Trinajstić information content (AvgIpc) is 2.23. The van der Waals surface area contributed by atoms with Crippen molar-refractivity contribution in [2.75, 3.05) is 37.9 Å². The molecule has 1 unspecified atom stereocenters. The maximum atomic E-state index is 5.86. The summed E-state index contributed by atoms with van der Waals surface area (Å²) in [5.74, 6) is 0.812. The van der Waals surface area contributed by atoms with Crippen LogP contribution in [0, 0.1) is 0 Å². The van der Waals surface area contributed by atoms with Gasteiger partial charge in [0.15, 0.2) is 5.75 Å². The number of nitrogen functional groups attached to an aromatic ring is 1. The van der Waals surface area contributed by atoms with Gasteiger partial charge >= 0.3 is 0 Å². The summed E-state index contributed by atoms with van der Waals surface area (Å²) in [4.78, 5) is 2.21. The van der Waals surface area contributed by atoms with Gasteiger partial charge < -0.3 is 20.7 Å². The molecule has 1 aromatic carbocycles. The number of ether oxygens (including phenoxy) is 1. The summed E-state index contributed by atoms with van der Waals surface area (Å²) < 4.78 is 5.68. The number of nitrogens with one attached hydrogen (secondary N) is 1. The summed E-state index contributed by atoms with van der Waals surface area (Å²) in [5, 5.41) is 3.16. The quantitative estimate of drug-likeness (QED) is 0.700. The highest BCUT2D eigenvalue weighted by Crippen LogP contribution is 2.37. The van der Waals surface area contributed by atoms with Gasteiger partial charge in [-0.1, -0.05) is 6.07 Å². The number of para-hydroxylation sites is 1. The van der Waals surface area contributed by atoms with Gasteiger partial charge in [-0.05, 0) is 19.2 Å². The van der Waals surface area contributed by atoms with Crippen molar-refractivity contribution >= 4 is 11.4 Å². The van der Waals surface area contributed by atoms with E-state index in [1.165, 1.54) is 0 Å². The molecule has 1 aliphatic rings. The van der Waals surface area contributed by atoms with Gasteiger partial charge in [0.25, 0.3) is 0 Å². The summed E-state index contributed by atoms with van der Waals surface area (Å²) in [7, 11) is 4.02. The molecule has 0 spiro atoms. The minimum atomic E-state index is 0.365. The Bertz CT molecular complexity index is 354. The number of rotatable bonds is 2. The normalized spacial score (nSPS) is 19.6. The first-order valence-electron chi connectivity index (χ1n) is 5.12. The van der Waals surface area contributed by atoms with E-state index in [0.717, 1.165) is 18.0 Å². The fourth-order valence-electron chi connectivity index (χ4n) is 1.90. The van der Waals surface area contributed by atoms with Crippen LogP contribution in [0.3, 0.4) is 0 Å². The molecule has 4 nitrogen and oxygen atoms in total. The fraction of sp³-hybridized carbons (Fsp3) is 0.455. The van der Waals surface area contributed by atoms with Crippen molar-refractivity contribution in [1.82, 2.24) is 5.32 Å². The lowest BCUT2D eigenvalue weighted by molar-refractivity contribution is 0.266. The van der Waals surface area contributed by atoms with E-state index in [1.807, 2.05) is 25.2 Å². The van der Waals surface area contributed by atoms with E-state index in [9.17, 15) is 0 Å². The third kappa shape index (κ3) is 1.72. The molecule has 0 bridgehead atoms. The van der Waals surface area contributed by atoms with Gasteiger partial charge in [0.1, 0.15) is 6.61 Å². The second-order valence-corrected chi connectivity index (χ2v) is 3.83. The van der Waals surface area contributed by atoms with Crippen LogP contribution in [-0.4, -0.2) is 33.3 Å². The van der Waals surface area contributed by atoms with Gasteiger partial charge in [-0.2, -0.15) is 0 Å². The lowest BCUT2D eigenvalue weighted by Gasteiger charge is -2.36. The number of fused-ring (bicyclic) bond motifs is 1. The van der Waals surface area contributed by atoms with Gasteiger partial charge in [0.2, 0.25) is 0 Å². The molecule has 1 aromatic rings. The second kappa shape index (κ2) is 3.98. The topological polar surface area (TPSA) is 50.5 Å². The minimum absolute atomic E-state index is 0.365. The molecule has 0 fully saturated rings. The van der Waals surface area contributed by atoms with Crippen molar-refractivity contribution in [2.45, 2.75) is 6.04 Å². The van der Waals surface area contributed by atoms with E-state index in [0.29, 0.717) is 18.3 Å². The highest BCUT2D eigenvalue weighted by molar-refractivity contribution is 5.71. The van der Waals surface area contributed by atoms with Crippen LogP contribution in [-0.2, 0) is 0 Å². The van der Waals surface area contributed by atoms with Crippen LogP contribution in [0.1, 0.15) is 0 Å². The van der Waals surface area contributed by atoms with Crippen LogP contribution >= 0.6 is 0 Å². The molecular formula is C11H17N3O. The van der Waals surface area contributed by atoms with Crippen LogP contribution in [0.5, 0.6) is 5.75 Å². The summed E-state index contributed by atoms with van der Waals surface area (Å²) in [6, 6.07) is 6.22. The molecule has 0 radical (unpaired) electrons. The third-order valence-corrected chi connectivity index (χ3v) is 2.81. The van der Waals surface area contributed by atoms with Gasteiger partial charge in [-0.3, -0.25) is 0 Å². The van der Waals surface area contributed by atoms with Crippen LogP contribution < -0.4 is 20.7 Å². The highest BCUT2D eigenvalue weighted by Gasteiger charge is 2.25. The third-order valence-electron chi connectivity index (χ3n) is 2.81. The number of likely N-dealkylation sites (N-methyl/N-ethyl adjacent to an activating group) is 2. The molecule has 3 N–H and O–H groups in total. The summed E-state index contributed by atoms with van der Waals surface area (Å²) >= 11 is 0. The Morgan fingerprint density at radius 3 is 3.13 bits per heavy atom. The number of benzene rings is 1. The minimum Gasteiger partial charge on any atom is -0.487 e. The molecule has 1 heterocycles. The molecule has 0 saturated carbocycles. The van der Waals surface area contributed by atoms with Crippen molar-refractivity contribution in [2.24, 2.45) is 0 Å². The molecule has 4 heteroatoms. The largest absolute Gasteiger partial charge is 0.487 e. The molecular weight excluding hydrogens is 190 g/mol. The number of anilines is 2. The second-order valence-electron chi connectivity index (χ2n) is 3.83. The predicted molar refractivity (Wildman–Crippen MR) is 62.5 cm³/mol. The first kappa shape index (κ1) is 10.1. The van der Waals surface area contributed by atoms with E-state index in [-0.39, 0.29) is 0 Å². The van der Waals surface area contributed by atoms with Crippen LogP contribution in [0.2, 0.25) is 0 Å². The maximum Gasteiger partial charge on any atom is 0.165 e. The van der Waals surface area contributed by atoms with Gasteiger partial charge in [-0.15, -0.1) is 0 Å². The number of nitrogens with zero attached hydrogens (tertiary/aromatic N) is 1. The fourth-order valence-corrected chi connectivity index (χ4v) is 1.90. The van der Waals surface area contributed by atoms with Crippen molar-refractivity contribution in [3.05, 3.63) is 18.2 Å². The number of nitrogens with two attached hydrogens (primary N) is 1. The molecule has 0 amide bonds. The smallest absolute Gasteiger partial charge is 0.165 e.